The van der Waals surface area contributed by atoms with Crippen molar-refractivity contribution in [2.24, 2.45) is 0 Å². The first-order valence-electron chi connectivity index (χ1n) is 8.26. The third-order valence-electron chi connectivity index (χ3n) is 4.31. The van der Waals surface area contributed by atoms with Crippen LogP contribution in [-0.2, 0) is 16.1 Å². The van der Waals surface area contributed by atoms with Crippen LogP contribution in [-0.4, -0.2) is 35.6 Å². The lowest BCUT2D eigenvalue weighted by atomic mass is 10.1. The van der Waals surface area contributed by atoms with Crippen molar-refractivity contribution in [2.45, 2.75) is 33.4 Å². The summed E-state index contributed by atoms with van der Waals surface area (Å²) in [7, 11) is 0. The molecule has 0 bridgehead atoms. The maximum absolute atomic E-state index is 12.4. The van der Waals surface area contributed by atoms with Gasteiger partial charge in [0.25, 0.3) is 0 Å². The molecular weight excluding hydrogens is 322 g/mol. The number of nitrogens with zero attached hydrogens (tertiary/aromatic N) is 1. The minimum absolute atomic E-state index is 0.0639. The summed E-state index contributed by atoms with van der Waals surface area (Å²) < 4.78 is 18.3. The summed E-state index contributed by atoms with van der Waals surface area (Å²) in [6.07, 6.45) is -0.870. The number of aryl methyl sites for hydroxylation is 1. The minimum Gasteiger partial charge on any atom is -0.485 e. The summed E-state index contributed by atoms with van der Waals surface area (Å²) in [4.78, 5) is 24.5. The van der Waals surface area contributed by atoms with Gasteiger partial charge in [-0.1, -0.05) is 12.1 Å². The molecule has 1 aromatic heterocycles. The number of Topliss-reactive ketones (excluding diaryl/α,β-unsaturated/α-hetero) is 1. The highest BCUT2D eigenvalue weighted by Gasteiger charge is 2.29. The van der Waals surface area contributed by atoms with Crippen molar-refractivity contribution < 1.29 is 23.8 Å². The number of benzene rings is 1. The second-order valence-corrected chi connectivity index (χ2v) is 5.92. The van der Waals surface area contributed by atoms with Crippen molar-refractivity contribution >= 4 is 11.8 Å². The monoisotopic (exact) mass is 343 g/mol. The largest absolute Gasteiger partial charge is 0.485 e. The zero-order valence-electron chi connectivity index (χ0n) is 14.6. The molecule has 0 radical (unpaired) electrons. The van der Waals surface area contributed by atoms with Crippen LogP contribution in [0.4, 0.5) is 0 Å². The number of aromatic nitrogens is 1. The van der Waals surface area contributed by atoms with Gasteiger partial charge in [0.2, 0.25) is 11.9 Å². The summed E-state index contributed by atoms with van der Waals surface area (Å²) in [6.45, 7) is 6.40. The predicted molar refractivity (Wildman–Crippen MR) is 91.2 cm³/mol. The van der Waals surface area contributed by atoms with Crippen LogP contribution >= 0.6 is 0 Å². The van der Waals surface area contributed by atoms with Gasteiger partial charge in [-0.15, -0.1) is 0 Å². The van der Waals surface area contributed by atoms with Crippen LogP contribution in [0.25, 0.3) is 0 Å². The molecule has 6 nitrogen and oxygen atoms in total. The number of carbonyl (C=O) groups is 2. The van der Waals surface area contributed by atoms with Crippen molar-refractivity contribution in [3.05, 3.63) is 47.3 Å². The second kappa shape index (κ2) is 7.01. The molecule has 0 aliphatic carbocycles. The number of ether oxygens (including phenoxy) is 3. The van der Waals surface area contributed by atoms with Gasteiger partial charge in [0.15, 0.2) is 18.1 Å². The highest BCUT2D eigenvalue weighted by molar-refractivity contribution is 5.99. The van der Waals surface area contributed by atoms with E-state index in [4.69, 9.17) is 14.2 Å². The Bertz CT molecular complexity index is 808. The van der Waals surface area contributed by atoms with Crippen LogP contribution in [0.2, 0.25) is 0 Å². The predicted octanol–water partition coefficient (Wildman–Crippen LogP) is 2.69. The van der Waals surface area contributed by atoms with E-state index >= 15 is 0 Å². The Balaban J connectivity index is 1.60. The van der Waals surface area contributed by atoms with Gasteiger partial charge < -0.3 is 18.8 Å². The SMILES string of the molecule is CCn1c(C)cc(C(=O)COC(=O)[C@@H]2COc3ccccc3O2)c1C. The molecule has 0 saturated heterocycles. The Morgan fingerprint density at radius 1 is 1.24 bits per heavy atom. The van der Waals surface area contributed by atoms with Crippen LogP contribution in [0.5, 0.6) is 11.5 Å². The molecule has 0 fully saturated rings. The maximum Gasteiger partial charge on any atom is 0.351 e. The fourth-order valence-corrected chi connectivity index (χ4v) is 3.01. The van der Waals surface area contributed by atoms with Crippen molar-refractivity contribution in [2.75, 3.05) is 13.2 Å². The van der Waals surface area contributed by atoms with Gasteiger partial charge in [0.05, 0.1) is 0 Å². The van der Waals surface area contributed by atoms with E-state index in [0.29, 0.717) is 17.1 Å². The summed E-state index contributed by atoms with van der Waals surface area (Å²) in [5.41, 5.74) is 2.47. The average molecular weight is 343 g/mol. The standard InChI is InChI=1S/C19H21NO5/c1-4-20-12(2)9-14(13(20)3)15(21)10-24-19(22)18-11-23-16-7-5-6-8-17(16)25-18/h5-9,18H,4,10-11H2,1-3H3/t18-/m0/s1. The first-order valence-corrected chi connectivity index (χ1v) is 8.26. The zero-order chi connectivity index (χ0) is 18.0. The van der Waals surface area contributed by atoms with Crippen molar-refractivity contribution in [1.29, 1.82) is 0 Å². The molecule has 1 atom stereocenters. The van der Waals surface area contributed by atoms with E-state index in [-0.39, 0.29) is 19.0 Å². The van der Waals surface area contributed by atoms with Crippen LogP contribution in [0.15, 0.2) is 30.3 Å². The number of ketones is 1. The molecular formula is C19H21NO5. The lowest BCUT2D eigenvalue weighted by molar-refractivity contribution is -0.153. The van der Waals surface area contributed by atoms with E-state index in [1.807, 2.05) is 37.5 Å². The highest BCUT2D eigenvalue weighted by atomic mass is 16.6. The maximum atomic E-state index is 12.4. The Morgan fingerprint density at radius 2 is 1.96 bits per heavy atom. The number of hydrogen-bond acceptors (Lipinski definition) is 5. The van der Waals surface area contributed by atoms with Crippen LogP contribution in [0.1, 0.15) is 28.7 Å². The molecule has 132 valence electrons. The van der Waals surface area contributed by atoms with E-state index in [1.54, 1.807) is 18.2 Å². The molecule has 2 aromatic rings. The van der Waals surface area contributed by atoms with Crippen molar-refractivity contribution in [3.63, 3.8) is 0 Å². The normalized spacial score (nSPS) is 15.7. The van der Waals surface area contributed by atoms with Gasteiger partial charge in [-0.2, -0.15) is 0 Å². The van der Waals surface area contributed by atoms with Crippen LogP contribution < -0.4 is 9.47 Å². The molecule has 3 rings (SSSR count). The molecule has 1 aliphatic rings. The van der Waals surface area contributed by atoms with Crippen molar-refractivity contribution in [3.8, 4) is 11.5 Å². The summed E-state index contributed by atoms with van der Waals surface area (Å²) >= 11 is 0. The number of esters is 1. The fourth-order valence-electron chi connectivity index (χ4n) is 3.01. The number of para-hydroxylation sites is 2. The van der Waals surface area contributed by atoms with E-state index in [0.717, 1.165) is 17.9 Å². The molecule has 1 aromatic carbocycles. The van der Waals surface area contributed by atoms with Crippen molar-refractivity contribution in [1.82, 2.24) is 4.57 Å². The molecule has 6 heteroatoms. The topological polar surface area (TPSA) is 66.8 Å². The Kier molecular flexibility index (Phi) is 4.79. The van der Waals surface area contributed by atoms with Crippen LogP contribution in [0, 0.1) is 13.8 Å². The summed E-state index contributed by atoms with van der Waals surface area (Å²) in [6, 6.07) is 8.93. The van der Waals surface area contributed by atoms with E-state index < -0.39 is 12.1 Å². The third kappa shape index (κ3) is 3.38. The second-order valence-electron chi connectivity index (χ2n) is 5.92. The Morgan fingerprint density at radius 3 is 2.64 bits per heavy atom. The van der Waals surface area contributed by atoms with E-state index in [9.17, 15) is 9.59 Å². The zero-order valence-corrected chi connectivity index (χ0v) is 14.6. The molecule has 2 heterocycles. The van der Waals surface area contributed by atoms with Gasteiger partial charge in [-0.25, -0.2) is 4.79 Å². The van der Waals surface area contributed by atoms with Gasteiger partial charge in [0.1, 0.15) is 6.61 Å². The smallest absolute Gasteiger partial charge is 0.351 e. The molecule has 0 N–H and O–H groups in total. The number of fused-ring (bicyclic) bond motifs is 1. The van der Waals surface area contributed by atoms with E-state index in [2.05, 4.69) is 0 Å². The number of hydrogen-bond donors (Lipinski definition) is 0. The minimum atomic E-state index is -0.870. The quantitative estimate of drug-likeness (QED) is 0.617. The van der Waals surface area contributed by atoms with E-state index in [1.165, 1.54) is 0 Å². The molecule has 0 unspecified atom stereocenters. The Labute approximate surface area is 146 Å². The number of carbonyl (C=O) groups excluding carboxylic acids is 2. The molecule has 0 amide bonds. The van der Waals surface area contributed by atoms with Gasteiger partial charge in [0, 0.05) is 23.5 Å². The van der Waals surface area contributed by atoms with Gasteiger partial charge >= 0.3 is 5.97 Å². The Hall–Kier alpha value is -2.76. The molecule has 1 aliphatic heterocycles. The number of rotatable bonds is 5. The molecule has 0 saturated carbocycles. The van der Waals surface area contributed by atoms with Gasteiger partial charge in [-0.05, 0) is 39.0 Å². The first-order chi connectivity index (χ1) is 12.0. The molecule has 0 spiro atoms. The third-order valence-corrected chi connectivity index (χ3v) is 4.31. The lowest BCUT2D eigenvalue weighted by Crippen LogP contribution is -2.38. The van der Waals surface area contributed by atoms with Crippen LogP contribution in [0.3, 0.4) is 0 Å². The average Bonchev–Trinajstić information content (AvgIpc) is 2.92. The van der Waals surface area contributed by atoms with Gasteiger partial charge in [-0.3, -0.25) is 4.79 Å². The first kappa shape index (κ1) is 17.1. The fraction of sp³-hybridized carbons (Fsp3) is 0.368. The highest BCUT2D eigenvalue weighted by Crippen LogP contribution is 2.31. The molecule has 25 heavy (non-hydrogen) atoms. The summed E-state index contributed by atoms with van der Waals surface area (Å²) in [5, 5.41) is 0. The summed E-state index contributed by atoms with van der Waals surface area (Å²) in [5.74, 6) is 0.258. The lowest BCUT2D eigenvalue weighted by Gasteiger charge is -2.24.